The Morgan fingerprint density at radius 1 is 1.19 bits per heavy atom. The summed E-state index contributed by atoms with van der Waals surface area (Å²) in [5.41, 5.74) is 1.09. The van der Waals surface area contributed by atoms with Crippen LogP contribution in [0.4, 0.5) is 0 Å². The summed E-state index contributed by atoms with van der Waals surface area (Å²) in [4.78, 5) is 0. The Bertz CT molecular complexity index is 538. The minimum Gasteiger partial charge on any atom is -0.497 e. The smallest absolute Gasteiger partial charge is 0.157 e. The Morgan fingerprint density at radius 3 is 2.73 bits per heavy atom. The lowest BCUT2D eigenvalue weighted by Crippen LogP contribution is -2.27. The highest BCUT2D eigenvalue weighted by Crippen LogP contribution is 2.15. The topological polar surface area (TPSA) is 36.9 Å². The molecule has 26 heavy (non-hydrogen) atoms. The summed E-state index contributed by atoms with van der Waals surface area (Å²) in [6, 6.07) is 7.90. The van der Waals surface area contributed by atoms with Crippen molar-refractivity contribution in [2.24, 2.45) is 0 Å². The molecule has 4 nitrogen and oxygen atoms in total. The van der Waals surface area contributed by atoms with Gasteiger partial charge in [-0.2, -0.15) is 0 Å². The predicted molar refractivity (Wildman–Crippen MR) is 103 cm³/mol. The van der Waals surface area contributed by atoms with E-state index >= 15 is 0 Å². The van der Waals surface area contributed by atoms with E-state index in [2.05, 4.69) is 18.8 Å². The van der Waals surface area contributed by atoms with E-state index in [1.165, 1.54) is 12.8 Å². The van der Waals surface area contributed by atoms with Gasteiger partial charge in [-0.1, -0.05) is 37.8 Å². The van der Waals surface area contributed by atoms with E-state index in [-0.39, 0.29) is 12.4 Å². The van der Waals surface area contributed by atoms with E-state index in [0.717, 1.165) is 50.0 Å². The molecule has 2 atom stereocenters. The maximum absolute atomic E-state index is 6.00. The molecular formula is C22H32O4. The van der Waals surface area contributed by atoms with Crippen LogP contribution in [-0.4, -0.2) is 32.7 Å². The van der Waals surface area contributed by atoms with Crippen LogP contribution >= 0.6 is 0 Å². The molecule has 1 heterocycles. The van der Waals surface area contributed by atoms with Crippen LogP contribution < -0.4 is 4.74 Å². The van der Waals surface area contributed by atoms with E-state index in [0.29, 0.717) is 13.2 Å². The van der Waals surface area contributed by atoms with Crippen LogP contribution in [0.5, 0.6) is 5.75 Å². The van der Waals surface area contributed by atoms with Gasteiger partial charge in [0, 0.05) is 13.0 Å². The molecule has 1 saturated heterocycles. The van der Waals surface area contributed by atoms with Gasteiger partial charge in [0.15, 0.2) is 6.29 Å². The highest BCUT2D eigenvalue weighted by Gasteiger charge is 2.16. The van der Waals surface area contributed by atoms with E-state index in [1.54, 1.807) is 7.11 Å². The average molecular weight is 360 g/mol. The van der Waals surface area contributed by atoms with E-state index < -0.39 is 0 Å². The zero-order valence-corrected chi connectivity index (χ0v) is 16.2. The van der Waals surface area contributed by atoms with Gasteiger partial charge in [-0.05, 0) is 43.4 Å². The highest BCUT2D eigenvalue weighted by molar-refractivity contribution is 5.26. The molecule has 1 aliphatic rings. The van der Waals surface area contributed by atoms with Crippen molar-refractivity contribution < 1.29 is 18.9 Å². The van der Waals surface area contributed by atoms with Gasteiger partial charge in [0.25, 0.3) is 0 Å². The Morgan fingerprint density at radius 2 is 2.04 bits per heavy atom. The van der Waals surface area contributed by atoms with Gasteiger partial charge in [0.05, 0.1) is 20.3 Å². The van der Waals surface area contributed by atoms with Crippen molar-refractivity contribution in [3.63, 3.8) is 0 Å². The monoisotopic (exact) mass is 360 g/mol. The molecule has 0 radical (unpaired) electrons. The lowest BCUT2D eigenvalue weighted by atomic mass is 10.2. The normalized spacial score (nSPS) is 18.0. The zero-order valence-electron chi connectivity index (χ0n) is 16.2. The molecule has 1 aliphatic heterocycles. The summed E-state index contributed by atoms with van der Waals surface area (Å²) in [5.74, 6) is 7.33. The maximum atomic E-state index is 6.00. The third-order valence-electron chi connectivity index (χ3n) is 4.35. The first-order valence-corrected chi connectivity index (χ1v) is 9.78. The van der Waals surface area contributed by atoms with Gasteiger partial charge in [-0.25, -0.2) is 0 Å². The van der Waals surface area contributed by atoms with Crippen LogP contribution in [0.2, 0.25) is 0 Å². The fraction of sp³-hybridized carbons (Fsp3) is 0.636. The molecular weight excluding hydrogens is 328 g/mol. The van der Waals surface area contributed by atoms with Gasteiger partial charge >= 0.3 is 0 Å². The second kappa shape index (κ2) is 12.8. The number of rotatable bonds is 10. The lowest BCUT2D eigenvalue weighted by molar-refractivity contribution is -0.175. The van der Waals surface area contributed by atoms with Crippen molar-refractivity contribution in [1.82, 2.24) is 0 Å². The molecule has 144 valence electrons. The summed E-state index contributed by atoms with van der Waals surface area (Å²) >= 11 is 0. The van der Waals surface area contributed by atoms with E-state index in [1.807, 2.05) is 24.3 Å². The fourth-order valence-corrected chi connectivity index (χ4v) is 2.74. The molecule has 0 spiro atoms. The van der Waals surface area contributed by atoms with Crippen molar-refractivity contribution >= 4 is 0 Å². The van der Waals surface area contributed by atoms with Gasteiger partial charge in [-0.15, -0.1) is 5.92 Å². The summed E-state index contributed by atoms with van der Waals surface area (Å²) in [5, 5.41) is 0. The molecule has 1 aromatic carbocycles. The quantitative estimate of drug-likeness (QED) is 0.447. The maximum Gasteiger partial charge on any atom is 0.157 e. The number of benzene rings is 1. The first-order valence-electron chi connectivity index (χ1n) is 9.78. The van der Waals surface area contributed by atoms with Crippen LogP contribution in [0.15, 0.2) is 24.3 Å². The Hall–Kier alpha value is -1.54. The number of hydrogen-bond acceptors (Lipinski definition) is 4. The Balaban J connectivity index is 1.83. The van der Waals surface area contributed by atoms with Gasteiger partial charge < -0.3 is 18.9 Å². The van der Waals surface area contributed by atoms with E-state index in [4.69, 9.17) is 18.9 Å². The van der Waals surface area contributed by atoms with Crippen molar-refractivity contribution in [3.8, 4) is 17.6 Å². The van der Waals surface area contributed by atoms with Gasteiger partial charge in [0.1, 0.15) is 11.9 Å². The first-order chi connectivity index (χ1) is 12.8. The number of hydrogen-bond donors (Lipinski definition) is 0. The number of methoxy groups -OCH3 is 1. The second-order valence-electron chi connectivity index (χ2n) is 6.56. The molecule has 1 unspecified atom stereocenters. The lowest BCUT2D eigenvalue weighted by Gasteiger charge is -2.24. The highest BCUT2D eigenvalue weighted by atomic mass is 16.7. The SMILES string of the molecule is CCCCCC#C[C@@H](COC1CCCCO1)OCc1ccc(OC)cc1. The molecule has 0 bridgehead atoms. The van der Waals surface area contributed by atoms with Gasteiger partial charge in [0.2, 0.25) is 0 Å². The fourth-order valence-electron chi connectivity index (χ4n) is 2.74. The van der Waals surface area contributed by atoms with Crippen LogP contribution in [-0.2, 0) is 20.8 Å². The summed E-state index contributed by atoms with van der Waals surface area (Å²) < 4.78 is 22.7. The van der Waals surface area contributed by atoms with Crippen molar-refractivity contribution in [2.75, 3.05) is 20.3 Å². The molecule has 0 saturated carbocycles. The predicted octanol–water partition coefficient (Wildman–Crippen LogP) is 4.71. The average Bonchev–Trinajstić information content (AvgIpc) is 2.70. The number of ether oxygens (including phenoxy) is 4. The first kappa shape index (κ1) is 20.8. The standard InChI is InChI=1S/C22H32O4/c1-3-4-5-6-7-10-21(18-26-22-11-8-9-16-24-22)25-17-19-12-14-20(23-2)15-13-19/h12-15,21-22H,3-6,8-9,11,16-18H2,1-2H3/t21-,22?/m0/s1. The van der Waals surface area contributed by atoms with Crippen LogP contribution in [0.1, 0.15) is 57.4 Å². The van der Waals surface area contributed by atoms with Gasteiger partial charge in [-0.3, -0.25) is 0 Å². The second-order valence-corrected chi connectivity index (χ2v) is 6.56. The molecule has 2 rings (SSSR count). The zero-order chi connectivity index (χ0) is 18.5. The van der Waals surface area contributed by atoms with Crippen molar-refractivity contribution in [3.05, 3.63) is 29.8 Å². The van der Waals surface area contributed by atoms with Crippen LogP contribution in [0.25, 0.3) is 0 Å². The molecule has 0 amide bonds. The third-order valence-corrected chi connectivity index (χ3v) is 4.35. The Kier molecular flexibility index (Phi) is 10.2. The van der Waals surface area contributed by atoms with Crippen LogP contribution in [0, 0.1) is 11.8 Å². The van der Waals surface area contributed by atoms with Crippen LogP contribution in [0.3, 0.4) is 0 Å². The summed E-state index contributed by atoms with van der Waals surface area (Å²) in [6.07, 6.45) is 7.37. The molecule has 1 fully saturated rings. The minimum atomic E-state index is -0.232. The third kappa shape index (κ3) is 8.23. The molecule has 0 aliphatic carbocycles. The molecule has 0 N–H and O–H groups in total. The summed E-state index contributed by atoms with van der Waals surface area (Å²) in [6.45, 7) is 3.94. The Labute approximate surface area is 158 Å². The molecule has 4 heteroatoms. The minimum absolute atomic E-state index is 0.113. The van der Waals surface area contributed by atoms with E-state index in [9.17, 15) is 0 Å². The number of unbranched alkanes of at least 4 members (excludes halogenated alkanes) is 3. The molecule has 1 aromatic rings. The summed E-state index contributed by atoms with van der Waals surface area (Å²) in [7, 11) is 1.67. The van der Waals surface area contributed by atoms with Crippen molar-refractivity contribution in [2.45, 2.75) is 70.9 Å². The largest absolute Gasteiger partial charge is 0.497 e. The van der Waals surface area contributed by atoms with Crippen molar-refractivity contribution in [1.29, 1.82) is 0 Å². The molecule has 0 aromatic heterocycles.